The summed E-state index contributed by atoms with van der Waals surface area (Å²) in [7, 11) is 0. The van der Waals surface area contributed by atoms with Gasteiger partial charge in [0.25, 0.3) is 0 Å². The first-order chi connectivity index (χ1) is 14.8. The zero-order chi connectivity index (χ0) is 21.8. The van der Waals surface area contributed by atoms with Crippen LogP contribution in [0, 0.1) is 46.3 Å². The molecule has 0 saturated heterocycles. The van der Waals surface area contributed by atoms with Crippen LogP contribution in [0.15, 0.2) is 18.3 Å². The van der Waals surface area contributed by atoms with Crippen LogP contribution in [0.2, 0.25) is 5.15 Å². The lowest BCUT2D eigenvalue weighted by molar-refractivity contribution is -0.129. The van der Waals surface area contributed by atoms with Crippen LogP contribution in [0.3, 0.4) is 0 Å². The summed E-state index contributed by atoms with van der Waals surface area (Å²) in [4.78, 5) is 4.27. The van der Waals surface area contributed by atoms with Crippen molar-refractivity contribution in [1.82, 2.24) is 4.98 Å². The maximum Gasteiger partial charge on any atom is 0.132 e. The van der Waals surface area contributed by atoms with Crippen LogP contribution in [0.25, 0.3) is 0 Å². The molecule has 1 heterocycles. The second kappa shape index (κ2) is 8.32. The van der Waals surface area contributed by atoms with Crippen molar-refractivity contribution in [1.29, 1.82) is 0 Å². The minimum atomic E-state index is -0.0338. The van der Waals surface area contributed by atoms with E-state index in [1.807, 2.05) is 6.07 Å². The molecule has 0 aromatic carbocycles. The van der Waals surface area contributed by atoms with Gasteiger partial charge in [0.15, 0.2) is 0 Å². The standard InChI is InChI=1S/C28H42ClNO/c1-18(6-7-19-5-4-16-30-26(19)29)23-10-11-24-22-9-8-20-17-21(31)12-14-27(20,2)25(22)13-15-28(23,24)3/h4-5,16,18,20-25,31H,6-15,17H2,1-3H3. The van der Waals surface area contributed by atoms with Crippen LogP contribution in [-0.2, 0) is 6.42 Å². The first-order valence-electron chi connectivity index (χ1n) is 13.1. The lowest BCUT2D eigenvalue weighted by Gasteiger charge is -2.61. The molecule has 4 aliphatic rings. The predicted molar refractivity (Wildman–Crippen MR) is 128 cm³/mol. The highest BCUT2D eigenvalue weighted by atomic mass is 35.5. The molecule has 0 radical (unpaired) electrons. The van der Waals surface area contributed by atoms with Crippen LogP contribution in [0.1, 0.15) is 90.5 Å². The zero-order valence-electron chi connectivity index (χ0n) is 19.8. The quantitative estimate of drug-likeness (QED) is 0.494. The molecule has 0 aliphatic heterocycles. The number of pyridine rings is 1. The van der Waals surface area contributed by atoms with Crippen LogP contribution in [0.5, 0.6) is 0 Å². The van der Waals surface area contributed by atoms with E-state index in [-0.39, 0.29) is 6.10 Å². The maximum absolute atomic E-state index is 10.3. The van der Waals surface area contributed by atoms with Crippen LogP contribution in [-0.4, -0.2) is 16.2 Å². The molecular weight excluding hydrogens is 402 g/mol. The van der Waals surface area contributed by atoms with Gasteiger partial charge in [0.1, 0.15) is 5.15 Å². The van der Waals surface area contributed by atoms with Gasteiger partial charge in [-0.3, -0.25) is 0 Å². The molecule has 172 valence electrons. The van der Waals surface area contributed by atoms with Crippen LogP contribution in [0.4, 0.5) is 0 Å². The van der Waals surface area contributed by atoms with E-state index in [1.54, 1.807) is 6.20 Å². The number of aliphatic hydroxyl groups is 1. The minimum absolute atomic E-state index is 0.0338. The van der Waals surface area contributed by atoms with Gasteiger partial charge in [-0.1, -0.05) is 38.4 Å². The Bertz CT molecular complexity index is 797. The molecular formula is C28H42ClNO. The predicted octanol–water partition coefficient (Wildman–Crippen LogP) is 7.32. The molecule has 1 aromatic heterocycles. The summed E-state index contributed by atoms with van der Waals surface area (Å²) in [6.07, 6.45) is 15.9. The summed E-state index contributed by atoms with van der Waals surface area (Å²) in [5.74, 6) is 5.12. The van der Waals surface area contributed by atoms with E-state index < -0.39 is 0 Å². The first kappa shape index (κ1) is 22.2. The Morgan fingerprint density at radius 3 is 2.65 bits per heavy atom. The molecule has 4 fully saturated rings. The topological polar surface area (TPSA) is 33.1 Å². The number of fused-ring (bicyclic) bond motifs is 5. The normalized spacial score (nSPS) is 45.5. The van der Waals surface area contributed by atoms with Crippen LogP contribution < -0.4 is 0 Å². The van der Waals surface area contributed by atoms with E-state index in [0.29, 0.717) is 16.0 Å². The maximum atomic E-state index is 10.3. The van der Waals surface area contributed by atoms with E-state index in [4.69, 9.17) is 11.6 Å². The third kappa shape index (κ3) is 3.68. The summed E-state index contributed by atoms with van der Waals surface area (Å²) in [5, 5.41) is 11.0. The van der Waals surface area contributed by atoms with Gasteiger partial charge < -0.3 is 5.11 Å². The first-order valence-corrected chi connectivity index (χ1v) is 13.5. The van der Waals surface area contributed by atoms with Crippen molar-refractivity contribution in [3.8, 4) is 0 Å². The zero-order valence-corrected chi connectivity index (χ0v) is 20.6. The molecule has 4 saturated carbocycles. The monoisotopic (exact) mass is 443 g/mol. The SMILES string of the molecule is CC(CCc1cccnc1Cl)C1CCC2C3CCC4CC(O)CCC4(C)C3CCC12C. The van der Waals surface area contributed by atoms with Gasteiger partial charge in [-0.2, -0.15) is 0 Å². The van der Waals surface area contributed by atoms with Crippen molar-refractivity contribution < 1.29 is 5.11 Å². The lowest BCUT2D eigenvalue weighted by atomic mass is 9.44. The van der Waals surface area contributed by atoms with Crippen molar-refractivity contribution in [2.75, 3.05) is 0 Å². The molecule has 1 N–H and O–H groups in total. The summed E-state index contributed by atoms with van der Waals surface area (Å²) >= 11 is 6.33. The summed E-state index contributed by atoms with van der Waals surface area (Å²) in [6, 6.07) is 4.16. The van der Waals surface area contributed by atoms with Gasteiger partial charge in [0, 0.05) is 6.20 Å². The Morgan fingerprint density at radius 1 is 1.06 bits per heavy atom. The van der Waals surface area contributed by atoms with Gasteiger partial charge in [-0.05, 0) is 129 Å². The Labute approximate surface area is 194 Å². The number of aromatic nitrogens is 1. The minimum Gasteiger partial charge on any atom is -0.393 e. The second-order valence-corrected chi connectivity index (χ2v) is 12.6. The fourth-order valence-corrected chi connectivity index (χ4v) is 9.61. The number of hydrogen-bond donors (Lipinski definition) is 1. The third-order valence-corrected chi connectivity index (χ3v) is 11.4. The van der Waals surface area contributed by atoms with Gasteiger partial charge >= 0.3 is 0 Å². The molecule has 1 aromatic rings. The average molecular weight is 444 g/mol. The largest absolute Gasteiger partial charge is 0.393 e. The van der Waals surface area contributed by atoms with Gasteiger partial charge in [-0.15, -0.1) is 0 Å². The fourth-order valence-electron chi connectivity index (χ4n) is 9.40. The van der Waals surface area contributed by atoms with E-state index in [1.165, 1.54) is 56.9 Å². The highest BCUT2D eigenvalue weighted by Crippen LogP contribution is 2.68. The van der Waals surface area contributed by atoms with E-state index in [0.717, 1.165) is 54.8 Å². The number of aryl methyl sites for hydroxylation is 1. The van der Waals surface area contributed by atoms with Gasteiger partial charge in [-0.25, -0.2) is 4.98 Å². The molecule has 31 heavy (non-hydrogen) atoms. The molecule has 9 atom stereocenters. The smallest absolute Gasteiger partial charge is 0.132 e. The van der Waals surface area contributed by atoms with Crippen LogP contribution >= 0.6 is 11.6 Å². The van der Waals surface area contributed by atoms with Crippen molar-refractivity contribution in [3.05, 3.63) is 29.0 Å². The molecule has 0 bridgehead atoms. The average Bonchev–Trinajstić information content (AvgIpc) is 3.11. The molecule has 2 nitrogen and oxygen atoms in total. The Hall–Kier alpha value is -0.600. The number of rotatable bonds is 4. The molecule has 5 rings (SSSR count). The Kier molecular flexibility index (Phi) is 5.96. The summed E-state index contributed by atoms with van der Waals surface area (Å²) in [6.45, 7) is 7.78. The lowest BCUT2D eigenvalue weighted by Crippen LogP contribution is -2.54. The van der Waals surface area contributed by atoms with Gasteiger partial charge in [0.2, 0.25) is 0 Å². The van der Waals surface area contributed by atoms with E-state index >= 15 is 0 Å². The molecule has 0 amide bonds. The Morgan fingerprint density at radius 2 is 1.84 bits per heavy atom. The van der Waals surface area contributed by atoms with Gasteiger partial charge in [0.05, 0.1) is 6.10 Å². The highest BCUT2D eigenvalue weighted by molar-refractivity contribution is 6.30. The fraction of sp³-hybridized carbons (Fsp3) is 0.821. The number of halogens is 1. The van der Waals surface area contributed by atoms with Crippen molar-refractivity contribution in [2.24, 2.45) is 46.3 Å². The molecule has 3 heteroatoms. The molecule has 9 unspecified atom stereocenters. The van der Waals surface area contributed by atoms with Crippen molar-refractivity contribution in [3.63, 3.8) is 0 Å². The molecule has 4 aliphatic carbocycles. The second-order valence-electron chi connectivity index (χ2n) is 12.3. The van der Waals surface area contributed by atoms with E-state index in [2.05, 4.69) is 31.8 Å². The highest BCUT2D eigenvalue weighted by Gasteiger charge is 2.60. The third-order valence-electron chi connectivity index (χ3n) is 11.1. The number of aliphatic hydroxyl groups excluding tert-OH is 1. The summed E-state index contributed by atoms with van der Waals surface area (Å²) < 4.78 is 0. The summed E-state index contributed by atoms with van der Waals surface area (Å²) in [5.41, 5.74) is 2.23. The molecule has 0 spiro atoms. The Balaban J connectivity index is 1.29. The number of hydrogen-bond acceptors (Lipinski definition) is 2. The number of nitrogens with zero attached hydrogens (tertiary/aromatic N) is 1. The van der Waals surface area contributed by atoms with Crippen molar-refractivity contribution in [2.45, 2.75) is 97.5 Å². The van der Waals surface area contributed by atoms with E-state index in [9.17, 15) is 5.11 Å². The van der Waals surface area contributed by atoms with Crippen molar-refractivity contribution >= 4 is 11.6 Å².